The van der Waals surface area contributed by atoms with E-state index in [0.717, 1.165) is 18.5 Å². The maximum Gasteiger partial charge on any atom is 0.188 e. The van der Waals surface area contributed by atoms with Crippen LogP contribution >= 0.6 is 35.3 Å². The first-order valence-corrected chi connectivity index (χ1v) is 7.89. The van der Waals surface area contributed by atoms with E-state index in [1.165, 1.54) is 10.9 Å². The van der Waals surface area contributed by atoms with Crippen molar-refractivity contribution in [3.05, 3.63) is 57.5 Å². The summed E-state index contributed by atoms with van der Waals surface area (Å²) in [5, 5.41) is 5.13. The van der Waals surface area contributed by atoms with Crippen LogP contribution in [-0.2, 0) is 24.3 Å². The van der Waals surface area contributed by atoms with Gasteiger partial charge in [0.1, 0.15) is 5.82 Å². The van der Waals surface area contributed by atoms with Gasteiger partial charge in [-0.3, -0.25) is 0 Å². The lowest BCUT2D eigenvalue weighted by Gasteiger charge is -2.06. The molecule has 4 nitrogen and oxygen atoms in total. The Balaban J connectivity index is 0.00000264. The lowest BCUT2D eigenvalue weighted by Crippen LogP contribution is -2.33. The zero-order valence-corrected chi connectivity index (χ0v) is 16.1. The largest absolute Gasteiger partial charge is 0.380 e. The van der Waals surface area contributed by atoms with Gasteiger partial charge in [-0.15, -0.1) is 35.3 Å². The van der Waals surface area contributed by atoms with Gasteiger partial charge in [0.25, 0.3) is 0 Å². The first kappa shape index (κ1) is 19.9. The van der Waals surface area contributed by atoms with Crippen LogP contribution in [0.5, 0.6) is 0 Å². The highest BCUT2D eigenvalue weighted by Crippen LogP contribution is 2.12. The minimum absolute atomic E-state index is 0. The quantitative estimate of drug-likeness (QED) is 0.388. The van der Waals surface area contributed by atoms with Crippen LogP contribution in [0, 0.1) is 5.82 Å². The molecule has 0 saturated heterocycles. The van der Waals surface area contributed by atoms with Crippen LogP contribution in [-0.4, -0.2) is 19.6 Å². The zero-order chi connectivity index (χ0) is 15.8. The fraction of sp³-hybridized carbons (Fsp3) is 0.312. The number of ether oxygens (including phenoxy) is 1. The van der Waals surface area contributed by atoms with Crippen LogP contribution < -0.4 is 11.1 Å². The van der Waals surface area contributed by atoms with Crippen molar-refractivity contribution in [3.63, 3.8) is 0 Å². The maximum absolute atomic E-state index is 13.5. The number of hydrogen-bond donors (Lipinski definition) is 2. The third-order valence-corrected chi connectivity index (χ3v) is 4.04. The third-order valence-electron chi connectivity index (χ3n) is 3.10. The summed E-state index contributed by atoms with van der Waals surface area (Å²) in [7, 11) is 1.54. The Hall–Kier alpha value is -1.19. The van der Waals surface area contributed by atoms with Gasteiger partial charge in [0.05, 0.1) is 13.2 Å². The van der Waals surface area contributed by atoms with Crippen LogP contribution in [0.2, 0.25) is 0 Å². The van der Waals surface area contributed by atoms with Gasteiger partial charge in [-0.1, -0.05) is 12.1 Å². The molecule has 2 aromatic rings. The van der Waals surface area contributed by atoms with Gasteiger partial charge in [-0.25, -0.2) is 9.38 Å². The first-order valence-electron chi connectivity index (χ1n) is 7.01. The smallest absolute Gasteiger partial charge is 0.188 e. The van der Waals surface area contributed by atoms with Gasteiger partial charge in [0, 0.05) is 24.1 Å². The second kappa shape index (κ2) is 10.6. The molecule has 23 heavy (non-hydrogen) atoms. The summed E-state index contributed by atoms with van der Waals surface area (Å²) in [5.74, 6) is 0.130. The van der Waals surface area contributed by atoms with E-state index >= 15 is 0 Å². The van der Waals surface area contributed by atoms with Crippen molar-refractivity contribution < 1.29 is 9.13 Å². The van der Waals surface area contributed by atoms with Gasteiger partial charge in [0.2, 0.25) is 0 Å². The van der Waals surface area contributed by atoms with E-state index in [1.54, 1.807) is 30.6 Å². The highest BCUT2D eigenvalue weighted by atomic mass is 127. The third kappa shape index (κ3) is 6.84. The molecular weight excluding hydrogens is 428 g/mol. The number of nitrogens with zero attached hydrogens (tertiary/aromatic N) is 1. The normalized spacial score (nSPS) is 11.1. The molecule has 7 heteroatoms. The molecule has 3 N–H and O–H groups in total. The number of benzene rings is 1. The van der Waals surface area contributed by atoms with Crippen molar-refractivity contribution in [1.82, 2.24) is 5.32 Å². The Morgan fingerprint density at radius 1 is 1.39 bits per heavy atom. The Labute approximate surface area is 157 Å². The number of rotatable bonds is 7. The van der Waals surface area contributed by atoms with Crippen LogP contribution in [0.3, 0.4) is 0 Å². The molecule has 0 spiro atoms. The number of thiophene rings is 1. The summed E-state index contributed by atoms with van der Waals surface area (Å²) >= 11 is 1.72. The molecule has 0 bridgehead atoms. The first-order chi connectivity index (χ1) is 10.7. The number of halogens is 2. The van der Waals surface area contributed by atoms with Crippen molar-refractivity contribution in [2.45, 2.75) is 19.6 Å². The number of guanidine groups is 1. The molecule has 0 aliphatic rings. The molecule has 0 aliphatic heterocycles. The zero-order valence-electron chi connectivity index (χ0n) is 12.9. The fourth-order valence-corrected chi connectivity index (χ4v) is 2.70. The van der Waals surface area contributed by atoms with Gasteiger partial charge < -0.3 is 15.8 Å². The van der Waals surface area contributed by atoms with Crippen molar-refractivity contribution in [1.29, 1.82) is 0 Å². The van der Waals surface area contributed by atoms with E-state index < -0.39 is 0 Å². The van der Waals surface area contributed by atoms with Crippen LogP contribution in [0.25, 0.3) is 0 Å². The number of methoxy groups -OCH3 is 1. The van der Waals surface area contributed by atoms with Crippen molar-refractivity contribution in [3.8, 4) is 0 Å². The summed E-state index contributed by atoms with van der Waals surface area (Å²) in [6.07, 6.45) is 0.919. The van der Waals surface area contributed by atoms with Gasteiger partial charge in [-0.05, 0) is 35.6 Å². The standard InChI is InChI=1S/C16H20FN3OS.HI/c1-21-11-13-9-12(4-5-15(13)17)10-20-16(18)19-7-6-14-3-2-8-22-14;/h2-5,8-9H,6-7,10-11H2,1H3,(H3,18,19,20);1H. The second-order valence-corrected chi connectivity index (χ2v) is 5.85. The molecule has 2 rings (SSSR count). The summed E-state index contributed by atoms with van der Waals surface area (Å²) in [5.41, 5.74) is 7.26. The Morgan fingerprint density at radius 3 is 2.91 bits per heavy atom. The molecule has 0 atom stereocenters. The molecule has 0 unspecified atom stereocenters. The number of nitrogens with one attached hydrogen (secondary N) is 1. The topological polar surface area (TPSA) is 59.6 Å². The highest BCUT2D eigenvalue weighted by molar-refractivity contribution is 14.0. The van der Waals surface area contributed by atoms with E-state index in [2.05, 4.69) is 21.8 Å². The molecule has 0 amide bonds. The summed E-state index contributed by atoms with van der Waals surface area (Å²) in [6.45, 7) is 1.40. The van der Waals surface area contributed by atoms with Crippen LogP contribution in [0.1, 0.15) is 16.0 Å². The second-order valence-electron chi connectivity index (χ2n) is 4.82. The lowest BCUT2D eigenvalue weighted by molar-refractivity contribution is 0.181. The Morgan fingerprint density at radius 2 is 2.22 bits per heavy atom. The minimum Gasteiger partial charge on any atom is -0.380 e. The summed E-state index contributed by atoms with van der Waals surface area (Å²) < 4.78 is 18.5. The van der Waals surface area contributed by atoms with Crippen molar-refractivity contribution in [2.24, 2.45) is 10.7 Å². The van der Waals surface area contributed by atoms with Crippen LogP contribution in [0.4, 0.5) is 4.39 Å². The summed E-state index contributed by atoms with van der Waals surface area (Å²) in [6, 6.07) is 9.01. The van der Waals surface area contributed by atoms with E-state index in [4.69, 9.17) is 10.5 Å². The van der Waals surface area contributed by atoms with Gasteiger partial charge in [0.15, 0.2) is 5.96 Å². The number of hydrogen-bond acceptors (Lipinski definition) is 3. The van der Waals surface area contributed by atoms with E-state index in [9.17, 15) is 4.39 Å². The molecule has 126 valence electrons. The summed E-state index contributed by atoms with van der Waals surface area (Å²) in [4.78, 5) is 5.58. The fourth-order valence-electron chi connectivity index (χ4n) is 1.99. The average Bonchev–Trinajstić information content (AvgIpc) is 3.01. The molecule has 1 heterocycles. The monoisotopic (exact) mass is 449 g/mol. The van der Waals surface area contributed by atoms with E-state index in [1.807, 2.05) is 6.07 Å². The molecule has 0 aliphatic carbocycles. The van der Waals surface area contributed by atoms with Crippen molar-refractivity contribution in [2.75, 3.05) is 13.7 Å². The molecule has 0 radical (unpaired) electrons. The average molecular weight is 449 g/mol. The van der Waals surface area contributed by atoms with E-state index in [0.29, 0.717) is 18.1 Å². The predicted molar refractivity (Wildman–Crippen MR) is 104 cm³/mol. The van der Waals surface area contributed by atoms with Crippen molar-refractivity contribution >= 4 is 41.3 Å². The molecule has 1 aromatic heterocycles. The van der Waals surface area contributed by atoms with Crippen LogP contribution in [0.15, 0.2) is 40.7 Å². The highest BCUT2D eigenvalue weighted by Gasteiger charge is 2.03. The lowest BCUT2D eigenvalue weighted by atomic mass is 10.1. The molecule has 0 fully saturated rings. The van der Waals surface area contributed by atoms with Gasteiger partial charge in [-0.2, -0.15) is 0 Å². The molecule has 0 saturated carbocycles. The number of nitrogens with two attached hydrogens (primary N) is 1. The molecule has 1 aromatic carbocycles. The molecular formula is C16H21FIN3OS. The number of aliphatic imine (C=N–C) groups is 1. The SMILES string of the molecule is COCc1cc(CN=C(N)NCCc2cccs2)ccc1F.I. The predicted octanol–water partition coefficient (Wildman–Crippen LogP) is 3.30. The Bertz CT molecular complexity index is 620. The van der Waals surface area contributed by atoms with Gasteiger partial charge >= 0.3 is 0 Å². The maximum atomic E-state index is 13.5. The minimum atomic E-state index is -0.267. The van der Waals surface area contributed by atoms with E-state index in [-0.39, 0.29) is 36.4 Å². The Kier molecular flexibility index (Phi) is 9.12.